The first-order chi connectivity index (χ1) is 9.45. The predicted octanol–water partition coefficient (Wildman–Crippen LogP) is 3.34. The Morgan fingerprint density at radius 3 is 2.75 bits per heavy atom. The van der Waals surface area contributed by atoms with E-state index in [1.807, 2.05) is 0 Å². The van der Waals surface area contributed by atoms with Crippen LogP contribution in [0.5, 0.6) is 0 Å². The van der Waals surface area contributed by atoms with E-state index in [0.29, 0.717) is 15.6 Å². The lowest BCUT2D eigenvalue weighted by Crippen LogP contribution is -2.13. The molecule has 1 aromatic heterocycles. The van der Waals surface area contributed by atoms with Gasteiger partial charge in [0.05, 0.1) is 6.42 Å². The van der Waals surface area contributed by atoms with Crippen molar-refractivity contribution in [2.75, 3.05) is 0 Å². The molecule has 1 aromatic carbocycles. The molecule has 0 spiro atoms. The highest BCUT2D eigenvalue weighted by Gasteiger charge is 2.19. The molecule has 0 unspecified atom stereocenters. The van der Waals surface area contributed by atoms with Gasteiger partial charge in [0.2, 0.25) is 11.7 Å². The zero-order valence-corrected chi connectivity index (χ0v) is 11.5. The number of carbonyl (C=O) groups excluding carboxylic acids is 1. The summed E-state index contributed by atoms with van der Waals surface area (Å²) in [7, 11) is 0. The van der Waals surface area contributed by atoms with Gasteiger partial charge in [0.1, 0.15) is 0 Å². The fraction of sp³-hybridized carbons (Fsp3) is 0.250. The van der Waals surface area contributed by atoms with Crippen LogP contribution < -0.4 is 0 Å². The highest BCUT2D eigenvalue weighted by molar-refractivity contribution is 6.35. The third-order valence-corrected chi connectivity index (χ3v) is 3.03. The van der Waals surface area contributed by atoms with Gasteiger partial charge in [-0.15, -0.1) is 0 Å². The van der Waals surface area contributed by atoms with Crippen molar-refractivity contribution in [3.63, 3.8) is 0 Å². The van der Waals surface area contributed by atoms with Crippen molar-refractivity contribution >= 4 is 29.0 Å². The Kier molecular flexibility index (Phi) is 4.67. The van der Waals surface area contributed by atoms with E-state index in [9.17, 15) is 13.6 Å². The average Bonchev–Trinajstić information content (AvgIpc) is 2.80. The molecule has 8 heteroatoms. The third-order valence-electron chi connectivity index (χ3n) is 2.44. The SMILES string of the molecule is O=C(Cc1nc(Cc2ccc(Cl)cc2Cl)no1)C(F)F. The fourth-order valence-corrected chi connectivity index (χ4v) is 1.97. The minimum Gasteiger partial charge on any atom is -0.339 e. The standard InChI is InChI=1S/C12H8Cl2F2N2O2/c13-7-2-1-6(8(14)4-7)3-10-17-11(20-18-10)5-9(19)12(15)16/h1-2,4,12H,3,5H2. The van der Waals surface area contributed by atoms with Gasteiger partial charge in [0.15, 0.2) is 5.82 Å². The van der Waals surface area contributed by atoms with Crippen molar-refractivity contribution in [3.05, 3.63) is 45.5 Å². The molecule has 1 heterocycles. The Bertz CT molecular complexity index is 632. The highest BCUT2D eigenvalue weighted by Crippen LogP contribution is 2.22. The topological polar surface area (TPSA) is 56.0 Å². The van der Waals surface area contributed by atoms with Crippen molar-refractivity contribution in [2.45, 2.75) is 19.3 Å². The second-order valence-corrected chi connectivity index (χ2v) is 4.80. The number of nitrogens with zero attached hydrogens (tertiary/aromatic N) is 2. The maximum Gasteiger partial charge on any atom is 0.296 e. The Hall–Kier alpha value is -1.53. The molecule has 0 saturated heterocycles. The van der Waals surface area contributed by atoms with Crippen LogP contribution >= 0.6 is 23.2 Å². The summed E-state index contributed by atoms with van der Waals surface area (Å²) in [6.45, 7) is 0. The van der Waals surface area contributed by atoms with Gasteiger partial charge in [0, 0.05) is 16.5 Å². The summed E-state index contributed by atoms with van der Waals surface area (Å²) in [5.74, 6) is -1.15. The highest BCUT2D eigenvalue weighted by atomic mass is 35.5. The number of aromatic nitrogens is 2. The van der Waals surface area contributed by atoms with Crippen LogP contribution in [0.1, 0.15) is 17.3 Å². The molecule has 0 bridgehead atoms. The number of carbonyl (C=O) groups is 1. The van der Waals surface area contributed by atoms with Crippen LogP contribution in [0.3, 0.4) is 0 Å². The molecule has 20 heavy (non-hydrogen) atoms. The Morgan fingerprint density at radius 2 is 2.10 bits per heavy atom. The van der Waals surface area contributed by atoms with Gasteiger partial charge in [-0.1, -0.05) is 34.4 Å². The van der Waals surface area contributed by atoms with E-state index in [-0.39, 0.29) is 18.1 Å². The summed E-state index contributed by atoms with van der Waals surface area (Å²) in [5.41, 5.74) is 0.712. The maximum atomic E-state index is 12.1. The van der Waals surface area contributed by atoms with E-state index in [1.54, 1.807) is 18.2 Å². The Labute approximate surface area is 122 Å². The number of alkyl halides is 2. The summed E-state index contributed by atoms with van der Waals surface area (Å²) in [6.07, 6.45) is -3.38. The molecule has 0 radical (unpaired) electrons. The van der Waals surface area contributed by atoms with Crippen LogP contribution in [0.4, 0.5) is 8.78 Å². The normalized spacial score (nSPS) is 11.1. The van der Waals surface area contributed by atoms with E-state index in [0.717, 1.165) is 0 Å². The molecule has 2 aromatic rings. The first kappa shape index (κ1) is 14.9. The molecule has 0 fully saturated rings. The minimum absolute atomic E-state index is 0.143. The quantitative estimate of drug-likeness (QED) is 0.847. The number of Topliss-reactive ketones (excluding diaryl/α,β-unsaturated/α-hetero) is 1. The minimum atomic E-state index is -3.05. The van der Waals surface area contributed by atoms with Gasteiger partial charge in [-0.3, -0.25) is 4.79 Å². The van der Waals surface area contributed by atoms with Gasteiger partial charge >= 0.3 is 0 Å². The molecule has 106 valence electrons. The number of hydrogen-bond donors (Lipinski definition) is 0. The molecular weight excluding hydrogens is 313 g/mol. The Balaban J connectivity index is 2.07. The molecule has 0 atom stereocenters. The van der Waals surface area contributed by atoms with E-state index < -0.39 is 18.6 Å². The lowest BCUT2D eigenvalue weighted by molar-refractivity contribution is -0.129. The molecule has 0 amide bonds. The van der Waals surface area contributed by atoms with Crippen molar-refractivity contribution in [2.24, 2.45) is 0 Å². The van der Waals surface area contributed by atoms with Crippen LogP contribution in [0, 0.1) is 0 Å². The largest absolute Gasteiger partial charge is 0.339 e. The molecule has 0 N–H and O–H groups in total. The van der Waals surface area contributed by atoms with Crippen molar-refractivity contribution in [3.8, 4) is 0 Å². The number of rotatable bonds is 5. The van der Waals surface area contributed by atoms with E-state index >= 15 is 0 Å². The van der Waals surface area contributed by atoms with Crippen LogP contribution in [-0.2, 0) is 17.6 Å². The lowest BCUT2D eigenvalue weighted by atomic mass is 10.1. The smallest absolute Gasteiger partial charge is 0.296 e. The van der Waals surface area contributed by atoms with Crippen molar-refractivity contribution in [1.29, 1.82) is 0 Å². The lowest BCUT2D eigenvalue weighted by Gasteiger charge is -2.00. The zero-order chi connectivity index (χ0) is 14.7. The van der Waals surface area contributed by atoms with Gasteiger partial charge < -0.3 is 4.52 Å². The summed E-state index contributed by atoms with van der Waals surface area (Å²) < 4.78 is 28.9. The Morgan fingerprint density at radius 1 is 1.35 bits per heavy atom. The molecule has 0 saturated carbocycles. The van der Waals surface area contributed by atoms with Crippen LogP contribution in [0.15, 0.2) is 22.7 Å². The maximum absolute atomic E-state index is 12.1. The van der Waals surface area contributed by atoms with Crippen LogP contribution in [0.2, 0.25) is 10.0 Å². The summed E-state index contributed by atoms with van der Waals surface area (Å²) in [6, 6.07) is 4.93. The summed E-state index contributed by atoms with van der Waals surface area (Å²) in [4.78, 5) is 14.7. The van der Waals surface area contributed by atoms with Gasteiger partial charge in [-0.25, -0.2) is 8.78 Å². The third kappa shape index (κ3) is 3.74. The first-order valence-corrected chi connectivity index (χ1v) is 6.27. The van der Waals surface area contributed by atoms with Crippen LogP contribution in [-0.4, -0.2) is 22.3 Å². The van der Waals surface area contributed by atoms with Gasteiger partial charge in [0.25, 0.3) is 6.43 Å². The van der Waals surface area contributed by atoms with Gasteiger partial charge in [-0.2, -0.15) is 4.98 Å². The number of benzene rings is 1. The second kappa shape index (κ2) is 6.28. The number of halogens is 4. The molecule has 0 aliphatic rings. The van der Waals surface area contributed by atoms with Crippen molar-refractivity contribution < 1.29 is 18.1 Å². The molecule has 2 rings (SSSR count). The fourth-order valence-electron chi connectivity index (χ4n) is 1.50. The molecule has 4 nitrogen and oxygen atoms in total. The first-order valence-electron chi connectivity index (χ1n) is 5.52. The van der Waals surface area contributed by atoms with Crippen LogP contribution in [0.25, 0.3) is 0 Å². The average molecular weight is 321 g/mol. The van der Waals surface area contributed by atoms with Gasteiger partial charge in [-0.05, 0) is 17.7 Å². The molecule has 0 aliphatic heterocycles. The van der Waals surface area contributed by atoms with E-state index in [2.05, 4.69) is 10.1 Å². The summed E-state index contributed by atoms with van der Waals surface area (Å²) >= 11 is 11.8. The summed E-state index contributed by atoms with van der Waals surface area (Å²) in [5, 5.41) is 4.55. The van der Waals surface area contributed by atoms with Crippen molar-refractivity contribution in [1.82, 2.24) is 10.1 Å². The second-order valence-electron chi connectivity index (χ2n) is 3.96. The molecule has 0 aliphatic carbocycles. The van der Waals surface area contributed by atoms with E-state index in [1.165, 1.54) is 0 Å². The number of hydrogen-bond acceptors (Lipinski definition) is 4. The molecular formula is C12H8Cl2F2N2O2. The monoisotopic (exact) mass is 320 g/mol. The zero-order valence-electron chi connectivity index (χ0n) is 9.95. The number of ketones is 1. The predicted molar refractivity (Wildman–Crippen MR) is 68.3 cm³/mol. The van der Waals surface area contributed by atoms with E-state index in [4.69, 9.17) is 27.7 Å².